The zero-order valence-electron chi connectivity index (χ0n) is 8.24. The van der Waals surface area contributed by atoms with Gasteiger partial charge in [-0.3, -0.25) is 9.59 Å². The number of rotatable bonds is 1. The van der Waals surface area contributed by atoms with E-state index in [1.807, 2.05) is 0 Å². The van der Waals surface area contributed by atoms with E-state index in [4.69, 9.17) is 9.69 Å². The van der Waals surface area contributed by atoms with Crippen molar-refractivity contribution >= 4 is 21.5 Å². The van der Waals surface area contributed by atoms with E-state index in [0.29, 0.717) is 11.1 Å². The number of halogens is 1. The van der Waals surface area contributed by atoms with Gasteiger partial charge in [-0.1, -0.05) is 12.1 Å². The number of hydrogen-bond donors (Lipinski definition) is 0. The fourth-order valence-electron chi connectivity index (χ4n) is 1.44. The zero-order chi connectivity index (χ0) is 11.4. The van der Waals surface area contributed by atoms with E-state index < -0.39 is 0 Å². The van der Waals surface area contributed by atoms with Crippen LogP contribution in [0.15, 0.2) is 24.3 Å². The molecule has 0 N–H and O–H groups in total. The van der Waals surface area contributed by atoms with Gasteiger partial charge in [-0.2, -0.15) is 6.92 Å². The molecule has 0 radical (unpaired) electrons. The second-order valence-electron chi connectivity index (χ2n) is 2.78. The standard InChI is InChI=1S/C10H8NO2.ClH.Zn/c1-2-11-9(12)7-5-3-4-6-8(7)10(11)13;;/h2-6H,1H3;1H;/q-1;;+2/p-1. The average Bonchev–Trinajstić information content (AvgIpc) is 2.55. The Morgan fingerprint density at radius 1 is 1.13 bits per heavy atom. The maximum atomic E-state index is 11.5. The van der Waals surface area contributed by atoms with Crippen molar-refractivity contribution in [1.29, 1.82) is 0 Å². The Balaban J connectivity index is 0.000000531. The van der Waals surface area contributed by atoms with Crippen LogP contribution in [-0.2, 0) is 17.3 Å². The van der Waals surface area contributed by atoms with Gasteiger partial charge in [-0.05, 0) is 12.1 Å². The number of imide groups is 1. The topological polar surface area (TPSA) is 37.4 Å². The Morgan fingerprint density at radius 2 is 1.53 bits per heavy atom. The van der Waals surface area contributed by atoms with Crippen LogP contribution in [0.3, 0.4) is 0 Å². The molecular formula is C10H8ClNO2Zn. The van der Waals surface area contributed by atoms with Crippen LogP contribution in [0.2, 0.25) is 0 Å². The molecule has 5 heteroatoms. The molecule has 2 amide bonds. The minimum absolute atomic E-state index is 0.233. The monoisotopic (exact) mass is 273 g/mol. The summed E-state index contributed by atoms with van der Waals surface area (Å²) >= 11 is 0.847. The molecule has 74 valence electrons. The molecule has 0 saturated carbocycles. The quantitative estimate of drug-likeness (QED) is 0.447. The summed E-state index contributed by atoms with van der Waals surface area (Å²) in [6.07, 6.45) is 0. The van der Waals surface area contributed by atoms with Crippen LogP contribution in [0.5, 0.6) is 0 Å². The van der Waals surface area contributed by atoms with Crippen LogP contribution < -0.4 is 0 Å². The molecule has 15 heavy (non-hydrogen) atoms. The van der Waals surface area contributed by atoms with Crippen LogP contribution in [0.4, 0.5) is 0 Å². The predicted octanol–water partition coefficient (Wildman–Crippen LogP) is 2.15. The number of nitrogens with zero attached hydrogens (tertiary/aromatic N) is 1. The third kappa shape index (κ3) is 2.11. The van der Waals surface area contributed by atoms with Gasteiger partial charge >= 0.3 is 27.0 Å². The summed E-state index contributed by atoms with van der Waals surface area (Å²) in [6.45, 7) is 3.16. The minimum atomic E-state index is -0.233. The molecule has 0 aromatic heterocycles. The summed E-state index contributed by atoms with van der Waals surface area (Å²) in [6, 6.07) is 6.84. The molecular weight excluding hydrogens is 267 g/mol. The van der Waals surface area contributed by atoms with E-state index >= 15 is 0 Å². The van der Waals surface area contributed by atoms with Crippen LogP contribution in [0, 0.1) is 6.54 Å². The second-order valence-corrected chi connectivity index (χ2v) is 2.78. The van der Waals surface area contributed by atoms with E-state index in [9.17, 15) is 9.59 Å². The fraction of sp³-hybridized carbons (Fsp3) is 0.100. The molecule has 0 fully saturated rings. The molecule has 0 aliphatic carbocycles. The summed E-state index contributed by atoms with van der Waals surface area (Å²) in [5, 5.41) is 0. The van der Waals surface area contributed by atoms with Crippen LogP contribution >= 0.6 is 9.69 Å². The van der Waals surface area contributed by atoms with Crippen LogP contribution in [0.25, 0.3) is 0 Å². The Morgan fingerprint density at radius 3 is 1.87 bits per heavy atom. The Kier molecular flexibility index (Phi) is 4.43. The third-order valence-corrected chi connectivity index (χ3v) is 2.08. The van der Waals surface area contributed by atoms with Crippen molar-refractivity contribution in [2.24, 2.45) is 0 Å². The van der Waals surface area contributed by atoms with Gasteiger partial charge in [-0.25, -0.2) is 6.54 Å². The van der Waals surface area contributed by atoms with E-state index in [-0.39, 0.29) is 11.8 Å². The van der Waals surface area contributed by atoms with Crippen molar-refractivity contribution in [2.45, 2.75) is 6.92 Å². The Bertz CT molecular complexity index is 360. The molecule has 1 aromatic rings. The molecule has 3 nitrogen and oxygen atoms in total. The molecule has 0 unspecified atom stereocenters. The van der Waals surface area contributed by atoms with E-state index in [0.717, 1.165) is 22.2 Å². The summed E-state index contributed by atoms with van der Waals surface area (Å²) in [4.78, 5) is 24.2. The third-order valence-electron chi connectivity index (χ3n) is 2.08. The first-order valence-electron chi connectivity index (χ1n) is 4.29. The van der Waals surface area contributed by atoms with Gasteiger partial charge in [0.1, 0.15) is 0 Å². The van der Waals surface area contributed by atoms with Crippen LogP contribution in [0.1, 0.15) is 27.6 Å². The van der Waals surface area contributed by atoms with Crippen molar-refractivity contribution in [3.8, 4) is 0 Å². The molecule has 1 heterocycles. The summed E-state index contributed by atoms with van der Waals surface area (Å²) in [7, 11) is 4.76. The van der Waals surface area contributed by atoms with Gasteiger partial charge in [0.2, 0.25) is 11.8 Å². The molecule has 1 aliphatic rings. The number of amides is 2. The summed E-state index contributed by atoms with van der Waals surface area (Å²) in [5.41, 5.74) is 0.983. The van der Waals surface area contributed by atoms with Crippen molar-refractivity contribution in [3.63, 3.8) is 0 Å². The summed E-state index contributed by atoms with van der Waals surface area (Å²) < 4.78 is 0. The number of carbonyl (C=O) groups is 2. The van der Waals surface area contributed by atoms with Gasteiger partial charge in [0.25, 0.3) is 0 Å². The predicted molar refractivity (Wildman–Crippen MR) is 52.8 cm³/mol. The van der Waals surface area contributed by atoms with Crippen molar-refractivity contribution < 1.29 is 26.9 Å². The maximum absolute atomic E-state index is 11.5. The fourth-order valence-corrected chi connectivity index (χ4v) is 1.44. The molecule has 0 saturated heterocycles. The molecule has 0 spiro atoms. The Hall–Kier alpha value is -0.727. The van der Waals surface area contributed by atoms with E-state index in [1.54, 1.807) is 31.2 Å². The first-order valence-corrected chi connectivity index (χ1v) is 8.18. The first kappa shape index (κ1) is 12.3. The first-order chi connectivity index (χ1) is 7.25. The van der Waals surface area contributed by atoms with E-state index in [1.165, 1.54) is 6.54 Å². The van der Waals surface area contributed by atoms with Crippen LogP contribution in [-0.4, -0.2) is 16.7 Å². The van der Waals surface area contributed by atoms with Gasteiger partial charge in [-0.15, -0.1) is 0 Å². The number of carbonyl (C=O) groups excluding carboxylic acids is 2. The molecule has 0 atom stereocenters. The van der Waals surface area contributed by atoms with Crippen molar-refractivity contribution in [2.75, 3.05) is 0 Å². The Labute approximate surface area is 102 Å². The van der Waals surface area contributed by atoms with E-state index in [2.05, 4.69) is 0 Å². The van der Waals surface area contributed by atoms with Gasteiger partial charge in [0.15, 0.2) is 0 Å². The number of hydrogen-bond acceptors (Lipinski definition) is 2. The molecule has 1 aliphatic heterocycles. The van der Waals surface area contributed by atoms with Gasteiger partial charge < -0.3 is 4.90 Å². The van der Waals surface area contributed by atoms with Crippen molar-refractivity contribution in [3.05, 3.63) is 41.9 Å². The molecule has 1 aromatic carbocycles. The average molecular weight is 275 g/mol. The molecule has 0 bridgehead atoms. The SMILES string of the molecule is C[CH-]N1C(=O)c2ccccc2C1=O.[Cl][Zn+]. The normalized spacial score (nSPS) is 13.5. The number of benzene rings is 1. The van der Waals surface area contributed by atoms with Crippen molar-refractivity contribution in [1.82, 2.24) is 4.90 Å². The number of fused-ring (bicyclic) bond motifs is 1. The second kappa shape index (κ2) is 5.38. The molecule has 2 rings (SSSR count). The zero-order valence-corrected chi connectivity index (χ0v) is 12.0. The summed E-state index contributed by atoms with van der Waals surface area (Å²) in [5.74, 6) is -0.466. The van der Waals surface area contributed by atoms with Gasteiger partial charge in [0, 0.05) is 11.1 Å². The van der Waals surface area contributed by atoms with Gasteiger partial charge in [0.05, 0.1) is 0 Å².